The number of halogens is 1. The lowest BCUT2D eigenvalue weighted by Crippen LogP contribution is -2.31. The molecule has 3 rings (SSSR count). The Labute approximate surface area is 147 Å². The van der Waals surface area contributed by atoms with Gasteiger partial charge < -0.3 is 5.73 Å². The predicted octanol–water partition coefficient (Wildman–Crippen LogP) is 4.47. The van der Waals surface area contributed by atoms with Crippen molar-refractivity contribution < 1.29 is 0 Å². The van der Waals surface area contributed by atoms with E-state index in [0.29, 0.717) is 17.3 Å². The quantitative estimate of drug-likeness (QED) is 0.719. The number of aromatic nitrogens is 3. The summed E-state index contributed by atoms with van der Waals surface area (Å²) < 4.78 is 0. The van der Waals surface area contributed by atoms with E-state index in [2.05, 4.69) is 54.2 Å². The second kappa shape index (κ2) is 6.54. The molecule has 0 spiro atoms. The maximum atomic E-state index is 6.31. The van der Waals surface area contributed by atoms with E-state index in [1.54, 1.807) is 6.20 Å². The van der Waals surface area contributed by atoms with Gasteiger partial charge in [-0.1, -0.05) is 50.6 Å². The monoisotopic (exact) mass is 342 g/mol. The standard InChI is InChI=1S/C19H23ClN4/c1-4-12-8-13(10-14(9-12)19(3,5-2)11-21)15-6-7-22-18-16(15)17(20)23-24-18/h6-10H,4-5,11,21H2,1-3H3,(H,22,23,24). The van der Waals surface area contributed by atoms with Crippen molar-refractivity contribution in [2.75, 3.05) is 6.54 Å². The predicted molar refractivity (Wildman–Crippen MR) is 100 cm³/mol. The molecule has 5 heteroatoms. The van der Waals surface area contributed by atoms with Gasteiger partial charge in [0.15, 0.2) is 5.65 Å². The molecule has 3 aromatic rings. The third-order valence-corrected chi connectivity index (χ3v) is 5.32. The van der Waals surface area contributed by atoms with Gasteiger partial charge in [0.05, 0.1) is 5.39 Å². The van der Waals surface area contributed by atoms with E-state index in [0.717, 1.165) is 29.4 Å². The first-order chi connectivity index (χ1) is 11.5. The highest BCUT2D eigenvalue weighted by atomic mass is 35.5. The van der Waals surface area contributed by atoms with E-state index >= 15 is 0 Å². The number of H-pyrrole nitrogens is 1. The molecule has 0 aliphatic carbocycles. The molecule has 24 heavy (non-hydrogen) atoms. The van der Waals surface area contributed by atoms with E-state index in [4.69, 9.17) is 17.3 Å². The fourth-order valence-corrected chi connectivity index (χ4v) is 3.25. The summed E-state index contributed by atoms with van der Waals surface area (Å²) in [4.78, 5) is 4.29. The number of nitrogens with two attached hydrogens (primary N) is 1. The van der Waals surface area contributed by atoms with Crippen molar-refractivity contribution in [1.29, 1.82) is 0 Å². The van der Waals surface area contributed by atoms with Crippen molar-refractivity contribution in [3.63, 3.8) is 0 Å². The largest absolute Gasteiger partial charge is 0.330 e. The number of nitrogens with zero attached hydrogens (tertiary/aromatic N) is 2. The summed E-state index contributed by atoms with van der Waals surface area (Å²) >= 11 is 6.31. The molecule has 1 unspecified atom stereocenters. The summed E-state index contributed by atoms with van der Waals surface area (Å²) in [5, 5.41) is 8.36. The molecule has 1 atom stereocenters. The molecular weight excluding hydrogens is 320 g/mol. The lowest BCUT2D eigenvalue weighted by molar-refractivity contribution is 0.467. The number of hydrogen-bond acceptors (Lipinski definition) is 3. The Morgan fingerprint density at radius 3 is 2.71 bits per heavy atom. The third-order valence-electron chi connectivity index (χ3n) is 5.05. The van der Waals surface area contributed by atoms with Crippen LogP contribution >= 0.6 is 11.6 Å². The van der Waals surface area contributed by atoms with Crippen LogP contribution in [0.1, 0.15) is 38.3 Å². The number of fused-ring (bicyclic) bond motifs is 1. The SMILES string of the molecule is CCc1cc(-c2ccnc3n[nH]c(Cl)c23)cc(C(C)(CC)CN)c1. The van der Waals surface area contributed by atoms with Crippen molar-refractivity contribution in [3.05, 3.63) is 46.7 Å². The van der Waals surface area contributed by atoms with Gasteiger partial charge in [0, 0.05) is 18.2 Å². The van der Waals surface area contributed by atoms with Gasteiger partial charge in [0.1, 0.15) is 5.15 Å². The lowest BCUT2D eigenvalue weighted by Gasteiger charge is -2.28. The van der Waals surface area contributed by atoms with E-state index in [9.17, 15) is 0 Å². The average molecular weight is 343 g/mol. The highest BCUT2D eigenvalue weighted by Crippen LogP contribution is 2.35. The highest BCUT2D eigenvalue weighted by molar-refractivity contribution is 6.35. The molecule has 0 amide bonds. The second-order valence-electron chi connectivity index (χ2n) is 6.49. The Hall–Kier alpha value is -1.91. The number of aromatic amines is 1. The summed E-state index contributed by atoms with van der Waals surface area (Å²) in [6.45, 7) is 7.19. The molecule has 0 radical (unpaired) electrons. The minimum Gasteiger partial charge on any atom is -0.330 e. The first-order valence-electron chi connectivity index (χ1n) is 8.36. The van der Waals surface area contributed by atoms with Crippen molar-refractivity contribution in [3.8, 4) is 11.1 Å². The van der Waals surface area contributed by atoms with E-state index in [1.807, 2.05) is 6.07 Å². The van der Waals surface area contributed by atoms with Crippen LogP contribution in [0, 0.1) is 0 Å². The normalized spacial score (nSPS) is 14.0. The van der Waals surface area contributed by atoms with Crippen LogP contribution in [0.15, 0.2) is 30.5 Å². The average Bonchev–Trinajstić information content (AvgIpc) is 3.02. The van der Waals surface area contributed by atoms with E-state index in [1.165, 1.54) is 11.1 Å². The minimum atomic E-state index is -0.0354. The Morgan fingerprint density at radius 2 is 2.04 bits per heavy atom. The van der Waals surface area contributed by atoms with Crippen LogP contribution < -0.4 is 5.73 Å². The Kier molecular flexibility index (Phi) is 4.61. The Bertz CT molecular complexity index is 865. The molecule has 2 heterocycles. The van der Waals surface area contributed by atoms with Gasteiger partial charge in [0.2, 0.25) is 0 Å². The maximum Gasteiger partial charge on any atom is 0.183 e. The van der Waals surface area contributed by atoms with Gasteiger partial charge in [-0.3, -0.25) is 5.10 Å². The van der Waals surface area contributed by atoms with Gasteiger partial charge in [-0.25, -0.2) is 4.98 Å². The fraction of sp³-hybridized carbons (Fsp3) is 0.368. The molecule has 0 fully saturated rings. The number of rotatable bonds is 5. The van der Waals surface area contributed by atoms with Gasteiger partial charge >= 0.3 is 0 Å². The third kappa shape index (κ3) is 2.80. The zero-order valence-corrected chi connectivity index (χ0v) is 15.1. The van der Waals surface area contributed by atoms with Crippen LogP contribution in [0.2, 0.25) is 5.15 Å². The lowest BCUT2D eigenvalue weighted by atomic mass is 9.78. The van der Waals surface area contributed by atoms with Crippen LogP contribution in [-0.2, 0) is 11.8 Å². The number of hydrogen-bond donors (Lipinski definition) is 2. The molecule has 1 aromatic carbocycles. The first-order valence-corrected chi connectivity index (χ1v) is 8.73. The van der Waals surface area contributed by atoms with Gasteiger partial charge in [-0.2, -0.15) is 5.10 Å². The molecule has 0 bridgehead atoms. The number of aryl methyl sites for hydroxylation is 1. The molecule has 4 nitrogen and oxygen atoms in total. The highest BCUT2D eigenvalue weighted by Gasteiger charge is 2.24. The summed E-state index contributed by atoms with van der Waals surface area (Å²) in [5.41, 5.74) is 11.4. The molecule has 0 aliphatic heterocycles. The summed E-state index contributed by atoms with van der Waals surface area (Å²) in [6, 6.07) is 8.71. The summed E-state index contributed by atoms with van der Waals surface area (Å²) in [6.07, 6.45) is 3.74. The summed E-state index contributed by atoms with van der Waals surface area (Å²) in [5.74, 6) is 0. The number of benzene rings is 1. The zero-order chi connectivity index (χ0) is 17.3. The van der Waals surface area contributed by atoms with Crippen molar-refractivity contribution in [2.45, 2.75) is 39.0 Å². The Balaban J connectivity index is 2.26. The van der Waals surface area contributed by atoms with Gasteiger partial charge in [-0.05, 0) is 41.2 Å². The molecule has 3 N–H and O–H groups in total. The van der Waals surface area contributed by atoms with Crippen molar-refractivity contribution >= 4 is 22.6 Å². The van der Waals surface area contributed by atoms with Crippen molar-refractivity contribution in [2.24, 2.45) is 5.73 Å². The zero-order valence-electron chi connectivity index (χ0n) is 14.4. The van der Waals surface area contributed by atoms with Gasteiger partial charge in [0.25, 0.3) is 0 Å². The van der Waals surface area contributed by atoms with Crippen LogP contribution in [-0.4, -0.2) is 21.7 Å². The topological polar surface area (TPSA) is 67.6 Å². The number of nitrogens with one attached hydrogen (secondary N) is 1. The van der Waals surface area contributed by atoms with Crippen molar-refractivity contribution in [1.82, 2.24) is 15.2 Å². The van der Waals surface area contributed by atoms with Crippen LogP contribution in [0.3, 0.4) is 0 Å². The fourth-order valence-electron chi connectivity index (χ4n) is 3.02. The van der Waals surface area contributed by atoms with E-state index in [-0.39, 0.29) is 5.41 Å². The molecule has 2 aromatic heterocycles. The molecule has 0 saturated carbocycles. The van der Waals surface area contributed by atoms with Crippen LogP contribution in [0.5, 0.6) is 0 Å². The molecular formula is C19H23ClN4. The van der Waals surface area contributed by atoms with E-state index < -0.39 is 0 Å². The smallest absolute Gasteiger partial charge is 0.183 e. The molecule has 126 valence electrons. The summed E-state index contributed by atoms with van der Waals surface area (Å²) in [7, 11) is 0. The van der Waals surface area contributed by atoms with Crippen LogP contribution in [0.4, 0.5) is 0 Å². The second-order valence-corrected chi connectivity index (χ2v) is 6.86. The molecule has 0 saturated heterocycles. The first kappa shape index (κ1) is 16.9. The number of pyridine rings is 1. The maximum absolute atomic E-state index is 6.31. The Morgan fingerprint density at radius 1 is 1.25 bits per heavy atom. The minimum absolute atomic E-state index is 0.0354. The van der Waals surface area contributed by atoms with Crippen LogP contribution in [0.25, 0.3) is 22.2 Å². The molecule has 0 aliphatic rings. The van der Waals surface area contributed by atoms with Gasteiger partial charge in [-0.15, -0.1) is 0 Å².